The second-order valence-corrected chi connectivity index (χ2v) is 7.94. The zero-order valence-electron chi connectivity index (χ0n) is 12.2. The molecule has 3 N–H and O–H groups in total. The van der Waals surface area contributed by atoms with Crippen LogP contribution in [0.25, 0.3) is 0 Å². The van der Waals surface area contributed by atoms with Gasteiger partial charge < -0.3 is 4.74 Å². The molecule has 136 valence electrons. The van der Waals surface area contributed by atoms with E-state index < -0.39 is 32.2 Å². The predicted molar refractivity (Wildman–Crippen MR) is 81.7 cm³/mol. The number of nitrogens with two attached hydrogens (primary N) is 1. The molecule has 0 amide bonds. The molecule has 7 nitrogen and oxygen atoms in total. The molecule has 0 aliphatic heterocycles. The minimum Gasteiger partial charge on any atom is -0.406 e. The summed E-state index contributed by atoms with van der Waals surface area (Å²) in [6.45, 7) is 0. The van der Waals surface area contributed by atoms with Crippen molar-refractivity contribution in [2.45, 2.75) is 16.2 Å². The third-order valence-corrected chi connectivity index (χ3v) is 5.13. The van der Waals surface area contributed by atoms with Crippen LogP contribution in [0, 0.1) is 0 Å². The Kier molecular flexibility index (Phi) is 4.97. The van der Waals surface area contributed by atoms with Crippen LogP contribution < -0.4 is 14.6 Å². The fourth-order valence-corrected chi connectivity index (χ4v) is 3.32. The van der Waals surface area contributed by atoms with Crippen LogP contribution in [-0.4, -0.2) is 23.2 Å². The van der Waals surface area contributed by atoms with Crippen LogP contribution in [0.1, 0.15) is 0 Å². The first-order valence-corrected chi connectivity index (χ1v) is 9.41. The van der Waals surface area contributed by atoms with Crippen molar-refractivity contribution in [3.8, 4) is 5.75 Å². The first kappa shape index (κ1) is 19.0. The molecule has 2 rings (SSSR count). The van der Waals surface area contributed by atoms with Crippen molar-refractivity contribution < 1.29 is 34.7 Å². The number of sulfonamides is 2. The van der Waals surface area contributed by atoms with Gasteiger partial charge in [-0.3, -0.25) is 4.72 Å². The fraction of sp³-hybridized carbons (Fsp3) is 0.0769. The van der Waals surface area contributed by atoms with Gasteiger partial charge in [0.05, 0.1) is 9.79 Å². The van der Waals surface area contributed by atoms with Gasteiger partial charge in [-0.2, -0.15) is 0 Å². The molecule has 0 aliphatic carbocycles. The molecule has 0 aromatic heterocycles. The van der Waals surface area contributed by atoms with Crippen molar-refractivity contribution >= 4 is 25.7 Å². The van der Waals surface area contributed by atoms with Gasteiger partial charge in [0.2, 0.25) is 10.0 Å². The van der Waals surface area contributed by atoms with Crippen LogP contribution in [0.2, 0.25) is 0 Å². The van der Waals surface area contributed by atoms with Gasteiger partial charge in [0.15, 0.2) is 0 Å². The van der Waals surface area contributed by atoms with Gasteiger partial charge >= 0.3 is 6.36 Å². The van der Waals surface area contributed by atoms with E-state index in [-0.39, 0.29) is 15.5 Å². The van der Waals surface area contributed by atoms with Gasteiger partial charge in [-0.25, -0.2) is 22.0 Å². The second kappa shape index (κ2) is 6.54. The molecule has 0 atom stereocenters. The van der Waals surface area contributed by atoms with Gasteiger partial charge in [-0.05, 0) is 48.5 Å². The minimum atomic E-state index is -4.86. The first-order valence-electron chi connectivity index (χ1n) is 6.38. The molecule has 0 aliphatic rings. The third kappa shape index (κ3) is 5.34. The average Bonchev–Trinajstić information content (AvgIpc) is 2.47. The summed E-state index contributed by atoms with van der Waals surface area (Å²) in [6, 6.07) is 8.14. The lowest BCUT2D eigenvalue weighted by Gasteiger charge is -2.11. The van der Waals surface area contributed by atoms with Gasteiger partial charge in [0.1, 0.15) is 5.75 Å². The maximum Gasteiger partial charge on any atom is 0.573 e. The van der Waals surface area contributed by atoms with E-state index in [0.29, 0.717) is 0 Å². The molecule has 0 radical (unpaired) electrons. The highest BCUT2D eigenvalue weighted by Crippen LogP contribution is 2.25. The van der Waals surface area contributed by atoms with E-state index in [1.807, 2.05) is 0 Å². The maximum atomic E-state index is 12.2. The van der Waals surface area contributed by atoms with Crippen molar-refractivity contribution in [2.24, 2.45) is 5.14 Å². The number of halogens is 3. The molecular weight excluding hydrogens is 385 g/mol. The molecule has 2 aromatic carbocycles. The Bertz CT molecular complexity index is 954. The van der Waals surface area contributed by atoms with Gasteiger partial charge in [-0.15, -0.1) is 13.2 Å². The number of primary sulfonamides is 1. The number of ether oxygens (including phenoxy) is 1. The number of nitrogens with one attached hydrogen (secondary N) is 1. The van der Waals surface area contributed by atoms with Crippen LogP contribution >= 0.6 is 0 Å². The molecule has 2 aromatic rings. The van der Waals surface area contributed by atoms with Crippen molar-refractivity contribution in [3.63, 3.8) is 0 Å². The number of hydrogen-bond acceptors (Lipinski definition) is 5. The van der Waals surface area contributed by atoms with E-state index in [1.165, 1.54) is 0 Å². The summed E-state index contributed by atoms with van der Waals surface area (Å²) in [7, 11) is -8.04. The Labute approximate surface area is 141 Å². The molecule has 25 heavy (non-hydrogen) atoms. The Hall–Kier alpha value is -2.31. The van der Waals surface area contributed by atoms with E-state index in [0.717, 1.165) is 48.5 Å². The largest absolute Gasteiger partial charge is 0.573 e. The zero-order chi connectivity index (χ0) is 18.9. The summed E-state index contributed by atoms with van der Waals surface area (Å²) in [5, 5.41) is 4.91. The SMILES string of the molecule is NS(=O)(=O)c1ccc(S(=O)(=O)Nc2ccc(OC(F)(F)F)cc2)cc1. The minimum absolute atomic E-state index is 0.00922. The predicted octanol–water partition coefficient (Wildman–Crippen LogP) is 2.03. The molecule has 0 heterocycles. The summed E-state index contributed by atoms with van der Waals surface area (Å²) in [5.74, 6) is -0.507. The number of hydrogen-bond donors (Lipinski definition) is 2. The van der Waals surface area contributed by atoms with E-state index in [9.17, 15) is 30.0 Å². The van der Waals surface area contributed by atoms with Crippen molar-refractivity contribution in [1.82, 2.24) is 0 Å². The number of benzene rings is 2. The summed E-state index contributed by atoms with van der Waals surface area (Å²) in [6.07, 6.45) is -4.86. The average molecular weight is 396 g/mol. The standard InChI is InChI=1S/C13H11F3N2O5S2/c14-13(15,16)23-10-3-1-9(2-4-10)18-25(21,22)12-7-5-11(6-8-12)24(17,19)20/h1-8,18H,(H2,17,19,20). The van der Waals surface area contributed by atoms with Crippen molar-refractivity contribution in [1.29, 1.82) is 0 Å². The van der Waals surface area contributed by atoms with E-state index >= 15 is 0 Å². The molecule has 0 saturated heterocycles. The zero-order valence-corrected chi connectivity index (χ0v) is 13.8. The summed E-state index contributed by atoms with van der Waals surface area (Å²) in [5.41, 5.74) is -0.00922. The first-order chi connectivity index (χ1) is 11.4. The van der Waals surface area contributed by atoms with Crippen molar-refractivity contribution in [3.05, 3.63) is 48.5 Å². The van der Waals surface area contributed by atoms with E-state index in [4.69, 9.17) is 5.14 Å². The highest BCUT2D eigenvalue weighted by atomic mass is 32.2. The summed E-state index contributed by atoms with van der Waals surface area (Å²) in [4.78, 5) is -0.518. The normalized spacial score (nSPS) is 12.6. The van der Waals surface area contributed by atoms with Crippen molar-refractivity contribution in [2.75, 3.05) is 4.72 Å². The Balaban J connectivity index is 2.18. The van der Waals surface area contributed by atoms with Crippen LogP contribution in [0.3, 0.4) is 0 Å². The fourth-order valence-electron chi connectivity index (χ4n) is 1.75. The summed E-state index contributed by atoms with van der Waals surface area (Å²) < 4.78 is 88.6. The number of alkyl halides is 3. The monoisotopic (exact) mass is 396 g/mol. The van der Waals surface area contributed by atoms with Gasteiger partial charge in [0, 0.05) is 5.69 Å². The van der Waals surface area contributed by atoms with Crippen LogP contribution in [0.4, 0.5) is 18.9 Å². The maximum absolute atomic E-state index is 12.2. The topological polar surface area (TPSA) is 116 Å². The lowest BCUT2D eigenvalue weighted by molar-refractivity contribution is -0.274. The van der Waals surface area contributed by atoms with Crippen LogP contribution in [-0.2, 0) is 20.0 Å². The molecule has 0 spiro atoms. The van der Waals surface area contributed by atoms with Gasteiger partial charge in [-0.1, -0.05) is 0 Å². The molecule has 12 heteroatoms. The molecule has 0 fully saturated rings. The smallest absolute Gasteiger partial charge is 0.406 e. The second-order valence-electron chi connectivity index (χ2n) is 4.69. The molecule has 0 saturated carbocycles. The summed E-state index contributed by atoms with van der Waals surface area (Å²) >= 11 is 0. The lowest BCUT2D eigenvalue weighted by Crippen LogP contribution is -2.17. The molecule has 0 bridgehead atoms. The Morgan fingerprint density at radius 2 is 1.32 bits per heavy atom. The van der Waals surface area contributed by atoms with Crippen LogP contribution in [0.15, 0.2) is 58.3 Å². The Morgan fingerprint density at radius 1 is 0.840 bits per heavy atom. The lowest BCUT2D eigenvalue weighted by atomic mass is 10.3. The third-order valence-electron chi connectivity index (χ3n) is 2.80. The highest BCUT2D eigenvalue weighted by molar-refractivity contribution is 7.92. The van der Waals surface area contributed by atoms with E-state index in [2.05, 4.69) is 9.46 Å². The van der Waals surface area contributed by atoms with Gasteiger partial charge in [0.25, 0.3) is 10.0 Å². The Morgan fingerprint density at radius 3 is 1.76 bits per heavy atom. The van der Waals surface area contributed by atoms with E-state index in [1.54, 1.807) is 0 Å². The number of rotatable bonds is 5. The molecular formula is C13H11F3N2O5S2. The molecule has 0 unspecified atom stereocenters. The van der Waals surface area contributed by atoms with Crippen LogP contribution in [0.5, 0.6) is 5.75 Å². The quantitative estimate of drug-likeness (QED) is 0.802. The highest BCUT2D eigenvalue weighted by Gasteiger charge is 2.31. The number of anilines is 1.